The summed E-state index contributed by atoms with van der Waals surface area (Å²) in [5.74, 6) is -1.01. The maximum atomic E-state index is 12.3. The predicted octanol–water partition coefficient (Wildman–Crippen LogP) is 1.50. The zero-order valence-electron chi connectivity index (χ0n) is 16.4. The summed E-state index contributed by atoms with van der Waals surface area (Å²) in [5.41, 5.74) is 1.35. The predicted molar refractivity (Wildman–Crippen MR) is 106 cm³/mol. The lowest BCUT2D eigenvalue weighted by Gasteiger charge is -2.10. The van der Waals surface area contributed by atoms with E-state index in [1.165, 1.54) is 18.4 Å². The van der Waals surface area contributed by atoms with Crippen molar-refractivity contribution in [2.75, 3.05) is 6.61 Å². The number of urea groups is 1. The number of hydrogen-bond donors (Lipinski definition) is 2. The molecule has 0 atom stereocenters. The second-order valence-corrected chi connectivity index (χ2v) is 6.34. The fourth-order valence-electron chi connectivity index (χ4n) is 2.82. The molecule has 10 nitrogen and oxygen atoms in total. The number of aromatic nitrogens is 2. The Morgan fingerprint density at radius 1 is 1.23 bits per heavy atom. The summed E-state index contributed by atoms with van der Waals surface area (Å²) in [7, 11) is 0. The molecule has 10 heteroatoms. The van der Waals surface area contributed by atoms with E-state index < -0.39 is 24.5 Å². The number of aryl methyl sites for hydroxylation is 2. The molecule has 0 aliphatic carbocycles. The highest BCUT2D eigenvalue weighted by atomic mass is 16.5. The largest absolute Gasteiger partial charge is 0.467 e. The Hall–Kier alpha value is -3.95. The van der Waals surface area contributed by atoms with Crippen molar-refractivity contribution >= 4 is 28.9 Å². The van der Waals surface area contributed by atoms with Crippen LogP contribution in [0, 0.1) is 6.92 Å². The third-order valence-corrected chi connectivity index (χ3v) is 4.25. The molecule has 2 aromatic heterocycles. The van der Waals surface area contributed by atoms with Gasteiger partial charge in [0.05, 0.1) is 29.4 Å². The third kappa shape index (κ3) is 4.72. The maximum Gasteiger partial charge on any atom is 0.338 e. The number of nitrogens with zero attached hydrogens (tertiary/aromatic N) is 2. The highest BCUT2D eigenvalue weighted by Gasteiger charge is 2.15. The molecule has 3 amide bonds. The Kier molecular flexibility index (Phi) is 6.26. The number of nitrogens with one attached hydrogen (secondary N) is 2. The van der Waals surface area contributed by atoms with Gasteiger partial charge in [0.25, 0.3) is 11.5 Å². The third-order valence-electron chi connectivity index (χ3n) is 4.25. The number of imide groups is 1. The van der Waals surface area contributed by atoms with E-state index >= 15 is 0 Å². The number of hydrogen-bond acceptors (Lipinski definition) is 7. The fourth-order valence-corrected chi connectivity index (χ4v) is 2.82. The first-order valence-electron chi connectivity index (χ1n) is 9.17. The number of fused-ring (bicyclic) bond motifs is 1. The number of furan rings is 1. The van der Waals surface area contributed by atoms with Crippen molar-refractivity contribution in [3.05, 3.63) is 64.0 Å². The first-order chi connectivity index (χ1) is 14.4. The van der Waals surface area contributed by atoms with Crippen molar-refractivity contribution in [2.45, 2.75) is 26.9 Å². The smallest absolute Gasteiger partial charge is 0.338 e. The molecule has 30 heavy (non-hydrogen) atoms. The van der Waals surface area contributed by atoms with Gasteiger partial charge in [-0.1, -0.05) is 0 Å². The molecule has 3 aromatic rings. The zero-order valence-corrected chi connectivity index (χ0v) is 16.4. The Morgan fingerprint density at radius 2 is 2.03 bits per heavy atom. The van der Waals surface area contributed by atoms with E-state index in [4.69, 9.17) is 9.15 Å². The van der Waals surface area contributed by atoms with E-state index in [0.29, 0.717) is 29.0 Å². The summed E-state index contributed by atoms with van der Waals surface area (Å²) in [5, 5.41) is 4.48. The SMILES string of the molecule is CCn1c(=O)c(C)nc2cc(C(=O)OCC(=O)NC(=O)NCc3ccco3)ccc21. The van der Waals surface area contributed by atoms with Crippen molar-refractivity contribution in [1.82, 2.24) is 20.2 Å². The molecule has 0 saturated carbocycles. The highest BCUT2D eigenvalue weighted by molar-refractivity contribution is 5.98. The van der Waals surface area contributed by atoms with Crippen LogP contribution < -0.4 is 16.2 Å². The second-order valence-electron chi connectivity index (χ2n) is 6.34. The van der Waals surface area contributed by atoms with Gasteiger partial charge in [-0.05, 0) is 44.2 Å². The van der Waals surface area contributed by atoms with Gasteiger partial charge in [-0.3, -0.25) is 14.9 Å². The van der Waals surface area contributed by atoms with Crippen LogP contribution in [-0.4, -0.2) is 34.1 Å². The Labute approximate surface area is 170 Å². The molecule has 2 N–H and O–H groups in total. The van der Waals surface area contributed by atoms with Gasteiger partial charge < -0.3 is 19.0 Å². The number of amides is 3. The van der Waals surface area contributed by atoms with Gasteiger partial charge in [-0.2, -0.15) is 0 Å². The van der Waals surface area contributed by atoms with Crippen LogP contribution in [0.3, 0.4) is 0 Å². The van der Waals surface area contributed by atoms with Gasteiger partial charge in [-0.25, -0.2) is 14.6 Å². The average Bonchev–Trinajstić information content (AvgIpc) is 3.25. The van der Waals surface area contributed by atoms with Gasteiger partial charge in [0.2, 0.25) is 0 Å². The van der Waals surface area contributed by atoms with E-state index in [1.54, 1.807) is 29.7 Å². The first kappa shape index (κ1) is 20.8. The van der Waals surface area contributed by atoms with Crippen LogP contribution in [0.4, 0.5) is 4.79 Å². The number of benzene rings is 1. The van der Waals surface area contributed by atoms with Crippen molar-refractivity contribution in [2.24, 2.45) is 0 Å². The van der Waals surface area contributed by atoms with Crippen molar-refractivity contribution in [3.63, 3.8) is 0 Å². The normalized spacial score (nSPS) is 10.6. The van der Waals surface area contributed by atoms with Gasteiger partial charge in [0.15, 0.2) is 6.61 Å². The van der Waals surface area contributed by atoms with Crippen molar-refractivity contribution < 1.29 is 23.5 Å². The van der Waals surface area contributed by atoms with E-state index in [-0.39, 0.29) is 17.7 Å². The summed E-state index contributed by atoms with van der Waals surface area (Å²) in [4.78, 5) is 52.1. The van der Waals surface area contributed by atoms with Gasteiger partial charge in [-0.15, -0.1) is 0 Å². The van der Waals surface area contributed by atoms with Crippen molar-refractivity contribution in [1.29, 1.82) is 0 Å². The minimum atomic E-state index is -0.783. The van der Waals surface area contributed by atoms with Crippen LogP contribution in [0.1, 0.15) is 28.7 Å². The summed E-state index contributed by atoms with van der Waals surface area (Å²) < 4.78 is 11.6. The summed E-state index contributed by atoms with van der Waals surface area (Å²) in [6, 6.07) is 7.18. The van der Waals surface area contributed by atoms with Crippen LogP contribution >= 0.6 is 0 Å². The fraction of sp³-hybridized carbons (Fsp3) is 0.250. The minimum absolute atomic E-state index is 0.109. The van der Waals surface area contributed by atoms with Gasteiger partial charge in [0, 0.05) is 6.54 Å². The molecule has 0 aliphatic heterocycles. The molecular weight excluding hydrogens is 392 g/mol. The number of ether oxygens (including phenoxy) is 1. The zero-order chi connectivity index (χ0) is 21.7. The average molecular weight is 412 g/mol. The topological polar surface area (TPSA) is 133 Å². The summed E-state index contributed by atoms with van der Waals surface area (Å²) in [6.45, 7) is 3.38. The molecule has 0 aliphatic rings. The van der Waals surface area contributed by atoms with Crippen molar-refractivity contribution in [3.8, 4) is 0 Å². The molecule has 156 valence electrons. The molecule has 0 saturated heterocycles. The Bertz CT molecular complexity index is 1150. The highest BCUT2D eigenvalue weighted by Crippen LogP contribution is 2.14. The molecule has 0 radical (unpaired) electrons. The van der Waals surface area contributed by atoms with E-state index in [0.717, 1.165) is 0 Å². The molecule has 0 fully saturated rings. The van der Waals surface area contributed by atoms with Crippen LogP contribution in [0.2, 0.25) is 0 Å². The van der Waals surface area contributed by atoms with Gasteiger partial charge in [0.1, 0.15) is 11.5 Å². The Balaban J connectivity index is 1.58. The lowest BCUT2D eigenvalue weighted by molar-refractivity contribution is -0.123. The molecule has 1 aromatic carbocycles. The van der Waals surface area contributed by atoms with Crippen LogP contribution in [-0.2, 0) is 22.6 Å². The number of esters is 1. The van der Waals surface area contributed by atoms with Gasteiger partial charge >= 0.3 is 12.0 Å². The lowest BCUT2D eigenvalue weighted by Crippen LogP contribution is -2.41. The summed E-state index contributed by atoms with van der Waals surface area (Å²) >= 11 is 0. The van der Waals surface area contributed by atoms with E-state index in [9.17, 15) is 19.2 Å². The van der Waals surface area contributed by atoms with Crippen LogP contribution in [0.5, 0.6) is 0 Å². The number of carbonyl (C=O) groups is 3. The number of carbonyl (C=O) groups excluding carboxylic acids is 3. The monoisotopic (exact) mass is 412 g/mol. The van der Waals surface area contributed by atoms with Crippen LogP contribution in [0.15, 0.2) is 45.8 Å². The molecule has 0 bridgehead atoms. The molecule has 3 rings (SSSR count). The molecule has 0 spiro atoms. The van der Waals surface area contributed by atoms with E-state index in [2.05, 4.69) is 10.3 Å². The number of rotatable bonds is 6. The molecular formula is C20H20N4O6. The summed E-state index contributed by atoms with van der Waals surface area (Å²) in [6.07, 6.45) is 1.46. The second kappa shape index (κ2) is 9.03. The van der Waals surface area contributed by atoms with Crippen LogP contribution in [0.25, 0.3) is 11.0 Å². The molecule has 2 heterocycles. The maximum absolute atomic E-state index is 12.3. The Morgan fingerprint density at radius 3 is 2.73 bits per heavy atom. The standard InChI is InChI=1S/C20H20N4O6/c1-3-24-16-7-6-13(9-15(16)22-12(2)18(24)26)19(27)30-11-17(25)23-20(28)21-10-14-5-4-8-29-14/h4-9H,3,10-11H2,1-2H3,(H2,21,23,25,28). The lowest BCUT2D eigenvalue weighted by atomic mass is 10.2. The quantitative estimate of drug-likeness (QED) is 0.586. The van der Waals surface area contributed by atoms with E-state index in [1.807, 2.05) is 12.2 Å². The molecule has 0 unspecified atom stereocenters. The first-order valence-corrected chi connectivity index (χ1v) is 9.17. The minimum Gasteiger partial charge on any atom is -0.467 e.